The van der Waals surface area contributed by atoms with Crippen molar-refractivity contribution in [2.45, 2.75) is 18.9 Å². The van der Waals surface area contributed by atoms with Gasteiger partial charge in [-0.15, -0.1) is 0 Å². The molecule has 2 aromatic carbocycles. The first-order valence-electron chi connectivity index (χ1n) is 9.11. The van der Waals surface area contributed by atoms with Crippen LogP contribution in [0.5, 0.6) is 11.5 Å². The molecule has 1 amide bonds. The number of nitrogens with zero attached hydrogens (tertiary/aromatic N) is 1. The summed E-state index contributed by atoms with van der Waals surface area (Å²) in [6.45, 7) is 1.18. The highest BCUT2D eigenvalue weighted by Crippen LogP contribution is 2.31. The lowest BCUT2D eigenvalue weighted by Gasteiger charge is -2.23. The summed E-state index contributed by atoms with van der Waals surface area (Å²) in [5.41, 5.74) is 1.87. The van der Waals surface area contributed by atoms with Crippen LogP contribution in [-0.2, 0) is 4.79 Å². The number of hydrogen-bond donors (Lipinski definition) is 2. The highest BCUT2D eigenvalue weighted by atomic mass is 35.5. The highest BCUT2D eigenvalue weighted by molar-refractivity contribution is 6.31. The van der Waals surface area contributed by atoms with Crippen LogP contribution in [0, 0.1) is 11.3 Å². The van der Waals surface area contributed by atoms with Gasteiger partial charge in [0.15, 0.2) is 6.54 Å². The maximum atomic E-state index is 12.7. The van der Waals surface area contributed by atoms with E-state index in [1.807, 2.05) is 18.2 Å². The van der Waals surface area contributed by atoms with Crippen LogP contribution in [0.25, 0.3) is 0 Å². The number of nitriles is 1. The lowest BCUT2D eigenvalue weighted by Crippen LogP contribution is -3.11. The van der Waals surface area contributed by atoms with Crippen molar-refractivity contribution in [3.63, 3.8) is 0 Å². The van der Waals surface area contributed by atoms with Gasteiger partial charge in [0, 0.05) is 17.9 Å². The molecule has 3 rings (SSSR count). The largest absolute Gasteiger partial charge is 0.497 e. The van der Waals surface area contributed by atoms with Crippen molar-refractivity contribution in [2.24, 2.45) is 0 Å². The third-order valence-corrected chi connectivity index (χ3v) is 5.29. The van der Waals surface area contributed by atoms with Crippen LogP contribution in [0.4, 0.5) is 5.69 Å². The zero-order valence-electron chi connectivity index (χ0n) is 15.9. The standard InChI is InChI=1S/C21H22ClN3O3/c1-27-16-7-8-20(28-2)17(11-16)19-4-3-9-25(19)13-21(26)24-18-10-15(22)6-5-14(18)12-23/h5-8,10-11,19H,3-4,9,13H2,1-2H3,(H,24,26)/p+1/t19-/m1/s1. The summed E-state index contributed by atoms with van der Waals surface area (Å²) in [5, 5.41) is 12.5. The number of amides is 1. The van der Waals surface area contributed by atoms with Crippen LogP contribution in [0.2, 0.25) is 5.02 Å². The maximum absolute atomic E-state index is 12.7. The van der Waals surface area contributed by atoms with Gasteiger partial charge in [-0.1, -0.05) is 11.6 Å². The molecular formula is C21H23ClN3O3+. The molecule has 1 aliphatic heterocycles. The van der Waals surface area contributed by atoms with E-state index >= 15 is 0 Å². The van der Waals surface area contributed by atoms with Crippen molar-refractivity contribution in [1.82, 2.24) is 0 Å². The topological polar surface area (TPSA) is 75.8 Å². The van der Waals surface area contributed by atoms with Crippen molar-refractivity contribution in [3.05, 3.63) is 52.5 Å². The summed E-state index contributed by atoms with van der Waals surface area (Å²) in [5.74, 6) is 1.42. The molecule has 1 saturated heterocycles. The molecule has 0 saturated carbocycles. The van der Waals surface area contributed by atoms with Crippen molar-refractivity contribution in [2.75, 3.05) is 32.6 Å². The van der Waals surface area contributed by atoms with Crippen molar-refractivity contribution < 1.29 is 19.2 Å². The van der Waals surface area contributed by atoms with E-state index in [1.165, 1.54) is 0 Å². The highest BCUT2D eigenvalue weighted by Gasteiger charge is 2.34. The molecule has 0 aromatic heterocycles. The van der Waals surface area contributed by atoms with E-state index < -0.39 is 0 Å². The van der Waals surface area contributed by atoms with E-state index in [4.69, 9.17) is 21.1 Å². The Labute approximate surface area is 169 Å². The summed E-state index contributed by atoms with van der Waals surface area (Å²) in [4.78, 5) is 13.8. The summed E-state index contributed by atoms with van der Waals surface area (Å²) < 4.78 is 10.9. The Hall–Kier alpha value is -2.75. The summed E-state index contributed by atoms with van der Waals surface area (Å²) in [6, 6.07) is 12.8. The van der Waals surface area contributed by atoms with Crippen LogP contribution in [0.1, 0.15) is 30.0 Å². The van der Waals surface area contributed by atoms with E-state index in [1.54, 1.807) is 32.4 Å². The van der Waals surface area contributed by atoms with Gasteiger partial charge in [-0.3, -0.25) is 4.79 Å². The van der Waals surface area contributed by atoms with E-state index in [0.29, 0.717) is 22.8 Å². The number of benzene rings is 2. The Kier molecular flexibility index (Phi) is 6.40. The van der Waals surface area contributed by atoms with Crippen molar-refractivity contribution in [3.8, 4) is 17.6 Å². The van der Waals surface area contributed by atoms with Gasteiger partial charge in [0.25, 0.3) is 5.91 Å². The summed E-state index contributed by atoms with van der Waals surface area (Å²) in [6.07, 6.45) is 1.99. The molecule has 6 nitrogen and oxygen atoms in total. The van der Waals surface area contributed by atoms with E-state index in [-0.39, 0.29) is 11.9 Å². The first kappa shape index (κ1) is 20.0. The fraction of sp³-hybridized carbons (Fsp3) is 0.333. The van der Waals surface area contributed by atoms with Gasteiger partial charge in [0.1, 0.15) is 23.6 Å². The smallest absolute Gasteiger partial charge is 0.279 e. The van der Waals surface area contributed by atoms with Crippen LogP contribution < -0.4 is 19.7 Å². The van der Waals surface area contributed by atoms with Crippen LogP contribution in [0.3, 0.4) is 0 Å². The number of quaternary nitrogens is 1. The number of rotatable bonds is 6. The zero-order valence-corrected chi connectivity index (χ0v) is 16.7. The van der Waals surface area contributed by atoms with Gasteiger partial charge in [-0.2, -0.15) is 5.26 Å². The van der Waals surface area contributed by atoms with Crippen LogP contribution in [-0.4, -0.2) is 33.2 Å². The second kappa shape index (κ2) is 8.96. The number of carbonyl (C=O) groups is 1. The molecule has 146 valence electrons. The maximum Gasteiger partial charge on any atom is 0.279 e. The third kappa shape index (κ3) is 4.38. The lowest BCUT2D eigenvalue weighted by molar-refractivity contribution is -0.910. The predicted molar refractivity (Wildman–Crippen MR) is 107 cm³/mol. The minimum Gasteiger partial charge on any atom is -0.497 e. The third-order valence-electron chi connectivity index (χ3n) is 5.06. The minimum absolute atomic E-state index is 0.144. The number of nitrogens with one attached hydrogen (secondary N) is 2. The number of likely N-dealkylation sites (tertiary alicyclic amines) is 1. The molecule has 1 unspecified atom stereocenters. The molecule has 7 heteroatoms. The number of methoxy groups -OCH3 is 2. The van der Waals surface area contributed by atoms with Crippen LogP contribution in [0.15, 0.2) is 36.4 Å². The molecular weight excluding hydrogens is 378 g/mol. The van der Waals surface area contributed by atoms with E-state index in [0.717, 1.165) is 41.3 Å². The van der Waals surface area contributed by atoms with Crippen molar-refractivity contribution >= 4 is 23.2 Å². The zero-order chi connectivity index (χ0) is 20.1. The van der Waals surface area contributed by atoms with Gasteiger partial charge in [0.2, 0.25) is 0 Å². The molecule has 2 N–H and O–H groups in total. The monoisotopic (exact) mass is 400 g/mol. The number of carbonyl (C=O) groups excluding carboxylic acids is 1. The SMILES string of the molecule is COc1ccc(OC)c([C@H]2CCC[NH+]2CC(=O)Nc2cc(Cl)ccc2C#N)c1. The molecule has 0 bridgehead atoms. The Morgan fingerprint density at radius 2 is 2.11 bits per heavy atom. The van der Waals surface area contributed by atoms with Gasteiger partial charge < -0.3 is 19.7 Å². The Morgan fingerprint density at radius 1 is 1.29 bits per heavy atom. The Morgan fingerprint density at radius 3 is 2.82 bits per heavy atom. The predicted octanol–water partition coefficient (Wildman–Crippen LogP) is 2.59. The first-order valence-corrected chi connectivity index (χ1v) is 9.49. The summed E-state index contributed by atoms with van der Waals surface area (Å²) >= 11 is 6.00. The quantitative estimate of drug-likeness (QED) is 0.781. The molecule has 2 aromatic rings. The molecule has 28 heavy (non-hydrogen) atoms. The molecule has 2 atom stereocenters. The van der Waals surface area contributed by atoms with Crippen LogP contribution >= 0.6 is 11.6 Å². The number of anilines is 1. The second-order valence-corrected chi connectivity index (χ2v) is 7.17. The fourth-order valence-corrected chi connectivity index (χ4v) is 3.90. The van der Waals surface area contributed by atoms with Gasteiger partial charge in [0.05, 0.1) is 37.6 Å². The second-order valence-electron chi connectivity index (χ2n) is 6.74. The number of hydrogen-bond acceptors (Lipinski definition) is 4. The van der Waals surface area contributed by atoms with Crippen molar-refractivity contribution in [1.29, 1.82) is 5.26 Å². The Balaban J connectivity index is 1.77. The average Bonchev–Trinajstić information content (AvgIpc) is 3.15. The van der Waals surface area contributed by atoms with Gasteiger partial charge in [-0.05, 0) is 36.4 Å². The van der Waals surface area contributed by atoms with Gasteiger partial charge in [-0.25, -0.2) is 0 Å². The summed E-state index contributed by atoms with van der Waals surface area (Å²) in [7, 11) is 3.28. The number of ether oxygens (including phenoxy) is 2. The lowest BCUT2D eigenvalue weighted by atomic mass is 10.0. The molecule has 0 spiro atoms. The molecule has 1 fully saturated rings. The average molecular weight is 401 g/mol. The molecule has 0 aliphatic carbocycles. The molecule has 1 aliphatic rings. The normalized spacial score (nSPS) is 18.4. The fourth-order valence-electron chi connectivity index (χ4n) is 3.73. The molecule has 0 radical (unpaired) electrons. The number of halogens is 1. The first-order chi connectivity index (χ1) is 13.5. The van der Waals surface area contributed by atoms with E-state index in [9.17, 15) is 10.1 Å². The molecule has 1 heterocycles. The van der Waals surface area contributed by atoms with Gasteiger partial charge >= 0.3 is 0 Å². The Bertz CT molecular complexity index is 910. The van der Waals surface area contributed by atoms with E-state index in [2.05, 4.69) is 11.4 Å². The minimum atomic E-state index is -0.150.